The largest absolute Gasteiger partial charge is 0.493 e. The minimum Gasteiger partial charge on any atom is -0.493 e. The van der Waals surface area contributed by atoms with E-state index in [0.717, 1.165) is 139 Å². The zero-order chi connectivity index (χ0) is 103. The monoisotopic (exact) mass is 2080 g/mol. The molecule has 0 radical (unpaired) electrons. The lowest BCUT2D eigenvalue weighted by molar-refractivity contribution is -0.184. The summed E-state index contributed by atoms with van der Waals surface area (Å²) < 4.78 is 56.2. The average molecular weight is 2080 g/mol. The Balaban J connectivity index is 0.000000133. The van der Waals surface area contributed by atoms with E-state index in [-0.39, 0.29) is 121 Å². The number of nitrogens with zero attached hydrogens (tertiary/aromatic N) is 4. The number of nitrogens with one attached hydrogen (secondary N) is 5. The number of H-pyrrole nitrogens is 4. The first-order valence-electron chi connectivity index (χ1n) is 50.6. The van der Waals surface area contributed by atoms with Crippen LogP contribution < -0.4 is 19.5 Å². The molecule has 1 saturated heterocycles. The molecule has 12 aromatic rings. The van der Waals surface area contributed by atoms with Gasteiger partial charge in [-0.1, -0.05) is 129 Å². The van der Waals surface area contributed by atoms with Crippen LogP contribution in [0.15, 0.2) is 170 Å². The lowest BCUT2D eigenvalue weighted by Crippen LogP contribution is -2.45. The summed E-state index contributed by atoms with van der Waals surface area (Å²) in [6.45, 7) is 14.2. The molecule has 0 bridgehead atoms. The van der Waals surface area contributed by atoms with Gasteiger partial charge in [0.2, 0.25) is 0 Å². The van der Waals surface area contributed by atoms with Gasteiger partial charge in [0.05, 0.1) is 109 Å². The van der Waals surface area contributed by atoms with Crippen LogP contribution in [-0.4, -0.2) is 240 Å². The third-order valence-corrected chi connectivity index (χ3v) is 31.0. The third-order valence-electron chi connectivity index (χ3n) is 30.1. The van der Waals surface area contributed by atoms with E-state index in [4.69, 9.17) is 93.8 Å². The van der Waals surface area contributed by atoms with Gasteiger partial charge in [0, 0.05) is 124 Å². The van der Waals surface area contributed by atoms with Gasteiger partial charge < -0.3 is 98.2 Å². The maximum absolute atomic E-state index is 13.3. The van der Waals surface area contributed by atoms with Crippen molar-refractivity contribution in [3.8, 4) is 17.2 Å². The fourth-order valence-corrected chi connectivity index (χ4v) is 20.7. The van der Waals surface area contributed by atoms with Crippen LogP contribution in [0.3, 0.4) is 0 Å². The summed E-state index contributed by atoms with van der Waals surface area (Å²) in [5, 5.41) is 58.3. The van der Waals surface area contributed by atoms with E-state index in [0.29, 0.717) is 146 Å². The molecular weight excluding hydrogens is 1950 g/mol. The first kappa shape index (κ1) is 106. The fourth-order valence-electron chi connectivity index (χ4n) is 20.0. The van der Waals surface area contributed by atoms with E-state index in [2.05, 4.69) is 32.2 Å². The van der Waals surface area contributed by atoms with Gasteiger partial charge in [-0.25, -0.2) is 19.2 Å². The highest BCUT2D eigenvalue weighted by Crippen LogP contribution is 2.49. The second-order valence-corrected chi connectivity index (χ2v) is 41.8. The number of aromatic nitrogens is 4. The maximum Gasteiger partial charge on any atom is 0.410 e. The topological polar surface area (TPSA) is 384 Å². The van der Waals surface area contributed by atoms with E-state index in [9.17, 15) is 54.3 Å². The van der Waals surface area contributed by atoms with Crippen molar-refractivity contribution in [3.05, 3.63) is 263 Å². The number of carbonyl (C=O) groups is 6. The van der Waals surface area contributed by atoms with Gasteiger partial charge in [-0.05, 0) is 269 Å². The number of hydrogen-bond acceptors (Lipinski definition) is 21. The van der Waals surface area contributed by atoms with Crippen LogP contribution in [0.5, 0.6) is 17.2 Å². The summed E-state index contributed by atoms with van der Waals surface area (Å²) >= 11 is 25.2. The quantitative estimate of drug-likeness (QED) is 0.0142. The summed E-state index contributed by atoms with van der Waals surface area (Å²) in [7, 11) is 0. The molecule has 30 nitrogen and oxygen atoms in total. The highest BCUT2D eigenvalue weighted by atomic mass is 35.5. The molecule has 8 aromatic carbocycles. The molecule has 9 heterocycles. The van der Waals surface area contributed by atoms with Crippen molar-refractivity contribution in [2.24, 2.45) is 33.5 Å². The fraction of sp³-hybridized carbons (Fsp3) is 0.446. The van der Waals surface area contributed by atoms with E-state index in [1.54, 1.807) is 41.8 Å². The Bertz CT molecular complexity index is 6560. The zero-order valence-electron chi connectivity index (χ0n) is 82.9. The van der Waals surface area contributed by atoms with Crippen LogP contribution in [0.25, 0.3) is 43.6 Å². The number of aromatic amines is 4. The number of fused-ring (bicyclic) bond motifs is 12. The predicted octanol–water partition coefficient (Wildman–Crippen LogP) is 20.2. The number of carbonyl (C=O) groups excluding carboxylic acids is 6. The summed E-state index contributed by atoms with van der Waals surface area (Å²) in [6.07, 6.45) is 11.8. The van der Waals surface area contributed by atoms with Crippen LogP contribution in [0.1, 0.15) is 201 Å². The molecule has 4 aromatic heterocycles. The number of hydrogen-bond donors (Lipinski definition) is 10. The van der Waals surface area contributed by atoms with Crippen molar-refractivity contribution in [3.63, 3.8) is 0 Å². The molecule has 20 rings (SSSR count). The Morgan fingerprint density at radius 1 is 0.425 bits per heavy atom. The maximum atomic E-state index is 13.3. The molecule has 5 amide bonds. The number of benzene rings is 8. The molecule has 146 heavy (non-hydrogen) atoms. The molecule has 5 aliphatic heterocycles. The number of rotatable bonds is 31. The SMILES string of the molecule is CCC(CO)(CO)COc1ccc([C@H]2c3[nH]c4ccc(Cl)cc4c3CCN2C(=O)OCC2(C)CC2)cc1.CCC(CO)(CO)COc1ccc([C@H]2c3[nH]c4ccc(Cl)cc4c3CCN2C(=O)OCC2CCC2)cc1.CCOC(=O)CNC(=O)c1cccc(C2c3[nH]c4ccc(Cl)cc4c3CCN2C(=O)OCC)c1.O=C(OCC1CCC1)N1CCc2c([nH]c3ccc(Cl)cc23)[C@@H]1c1ccc(OCC2(CO)COCOC2)cc1. The molecule has 34 heteroatoms. The van der Waals surface area contributed by atoms with Gasteiger partial charge in [0.1, 0.15) is 61.4 Å². The average Bonchev–Trinajstić information content (AvgIpc) is 1.60. The smallest absolute Gasteiger partial charge is 0.410 e. The predicted molar refractivity (Wildman–Crippen MR) is 557 cm³/mol. The van der Waals surface area contributed by atoms with E-state index in [1.165, 1.54) is 29.5 Å². The van der Waals surface area contributed by atoms with Gasteiger partial charge in [0.15, 0.2) is 0 Å². The Kier molecular flexibility index (Phi) is 34.1. The molecule has 10 N–H and O–H groups in total. The molecule has 8 aliphatic rings. The Morgan fingerprint density at radius 3 is 1.12 bits per heavy atom. The molecular formula is C112H129Cl4N9O21. The minimum absolute atomic E-state index is 0.0851. The first-order chi connectivity index (χ1) is 70.7. The molecule has 4 fully saturated rings. The molecule has 4 atom stereocenters. The van der Waals surface area contributed by atoms with E-state index >= 15 is 0 Å². The van der Waals surface area contributed by atoms with Gasteiger partial charge in [-0.15, -0.1) is 0 Å². The highest BCUT2D eigenvalue weighted by Gasteiger charge is 2.45. The number of aliphatic hydroxyl groups excluding tert-OH is 5. The molecule has 3 aliphatic carbocycles. The molecule has 776 valence electrons. The second kappa shape index (κ2) is 47.2. The molecule has 0 spiro atoms. The van der Waals surface area contributed by atoms with Gasteiger partial charge in [0.25, 0.3) is 5.91 Å². The standard InChI is InChI=1S/C29H33ClN2O6.2C29H35ClN2O5.C25H26ClN3O5/c30-21-6-9-25-24(12-21)23-10-11-32(28(34)37-13-19-2-1-3-19)27(26(23)31-25)20-4-7-22(8-5-20)38-17-29(14-33)15-35-18-36-16-29;1-3-29(15-33,16-34)18-36-21-7-4-19(5-8-21)26-25-22(23-14-20(30)6-9-24(23)31-25)10-13-32(26)27(35)37-17-28(2)11-12-28;1-2-29(16-33,17-34)18-37-22-9-6-20(7-10-22)27-26-23(24-14-21(30)8-11-25(24)31-26)12-13-32(27)28(35)36-15-19-4-3-5-19;1-3-33-21(30)14-27-24(31)16-7-5-6-15(12-16)23-22-18(10-11-29(23)25(32)34-4-2)19-13-17(26)8-9-20(19)28-22/h4-9,12,19,27,31,33H,1-3,10-11,13-18H2;4-9,14,26,31,33-34H,3,10-13,15-18H2,1-2H3;6-11,14,19,27,31,33-34H,2-5,12-13,15-18H2,1H3;5-9,12-13,23,28H,3-4,10-11,14H2,1-2H3,(H,27,31)/t27-;26-;27-;/m000./s1. The first-order valence-corrected chi connectivity index (χ1v) is 52.1. The Hall–Kier alpha value is -11.8. The van der Waals surface area contributed by atoms with Gasteiger partial charge in [-0.3, -0.25) is 29.2 Å². The van der Waals surface area contributed by atoms with Crippen LogP contribution in [-0.2, 0) is 63.6 Å². The van der Waals surface area contributed by atoms with Crippen molar-refractivity contribution >= 4 is 126 Å². The van der Waals surface area contributed by atoms with Crippen LogP contribution in [0, 0.1) is 33.5 Å². The number of aliphatic hydroxyl groups is 5. The van der Waals surface area contributed by atoms with Crippen LogP contribution in [0.4, 0.5) is 19.2 Å². The van der Waals surface area contributed by atoms with Crippen LogP contribution in [0.2, 0.25) is 20.1 Å². The zero-order valence-corrected chi connectivity index (χ0v) is 86.0. The highest BCUT2D eigenvalue weighted by molar-refractivity contribution is 6.32. The van der Waals surface area contributed by atoms with Crippen molar-refractivity contribution in [2.45, 2.75) is 149 Å². The second-order valence-electron chi connectivity index (χ2n) is 40.0. The van der Waals surface area contributed by atoms with Crippen molar-refractivity contribution in [1.29, 1.82) is 0 Å². The lowest BCUT2D eigenvalue weighted by Gasteiger charge is -2.36. The number of esters is 1. The Morgan fingerprint density at radius 2 is 0.781 bits per heavy atom. The summed E-state index contributed by atoms with van der Waals surface area (Å²) in [5.41, 5.74) is 14.4. The number of amides is 5. The third kappa shape index (κ3) is 23.8. The summed E-state index contributed by atoms with van der Waals surface area (Å²) in [5.74, 6) is 1.99. The van der Waals surface area contributed by atoms with Gasteiger partial charge >= 0.3 is 30.3 Å². The lowest BCUT2D eigenvalue weighted by atomic mass is 9.86. The normalized spacial score (nSPS) is 18.2. The van der Waals surface area contributed by atoms with Crippen molar-refractivity contribution in [2.75, 3.05) is 139 Å². The van der Waals surface area contributed by atoms with E-state index in [1.807, 2.05) is 175 Å². The molecule has 3 saturated carbocycles. The number of ether oxygens (including phenoxy) is 10. The Labute approximate surface area is 868 Å². The summed E-state index contributed by atoms with van der Waals surface area (Å²) in [4.78, 5) is 98.3. The van der Waals surface area contributed by atoms with Crippen LogP contribution >= 0.6 is 46.4 Å². The number of halogens is 4. The summed E-state index contributed by atoms with van der Waals surface area (Å²) in [6, 6.07) is 51.8. The molecule has 1 unspecified atom stereocenters. The van der Waals surface area contributed by atoms with Crippen molar-refractivity contribution in [1.82, 2.24) is 44.9 Å². The van der Waals surface area contributed by atoms with Crippen molar-refractivity contribution < 1.29 is 102 Å². The minimum atomic E-state index is -0.679. The van der Waals surface area contributed by atoms with E-state index < -0.39 is 40.3 Å². The van der Waals surface area contributed by atoms with Gasteiger partial charge in [-0.2, -0.15) is 0 Å².